The van der Waals surface area contributed by atoms with Crippen molar-refractivity contribution in [1.29, 1.82) is 0 Å². The Morgan fingerprint density at radius 1 is 1.05 bits per heavy atom. The van der Waals surface area contributed by atoms with Crippen LogP contribution >= 0.6 is 11.8 Å². The quantitative estimate of drug-likeness (QED) is 0.851. The Kier molecular flexibility index (Phi) is 4.56. The maximum atomic E-state index is 13.5. The monoisotopic (exact) mass is 280 g/mol. The molecule has 100 valence electrons. The van der Waals surface area contributed by atoms with Gasteiger partial charge in [0.25, 0.3) is 0 Å². The van der Waals surface area contributed by atoms with E-state index in [2.05, 4.69) is 0 Å². The van der Waals surface area contributed by atoms with Gasteiger partial charge in [-0.25, -0.2) is 8.78 Å². The lowest BCUT2D eigenvalue weighted by atomic mass is 10.1. The van der Waals surface area contributed by atoms with E-state index in [4.69, 9.17) is 0 Å². The van der Waals surface area contributed by atoms with E-state index in [1.54, 1.807) is 0 Å². The molecule has 2 aromatic rings. The van der Waals surface area contributed by atoms with Crippen molar-refractivity contribution in [3.8, 4) is 0 Å². The van der Waals surface area contributed by atoms with E-state index in [-0.39, 0.29) is 11.3 Å². The molecule has 4 heteroatoms. The van der Waals surface area contributed by atoms with E-state index >= 15 is 0 Å². The van der Waals surface area contributed by atoms with Gasteiger partial charge in [0.15, 0.2) is 0 Å². The van der Waals surface area contributed by atoms with Gasteiger partial charge in [-0.15, -0.1) is 11.8 Å². The average molecular weight is 280 g/mol. The molecule has 2 rings (SSSR count). The summed E-state index contributed by atoms with van der Waals surface area (Å²) in [5.41, 5.74) is 0.817. The molecule has 0 aliphatic heterocycles. The third-order valence-electron chi connectivity index (χ3n) is 2.82. The van der Waals surface area contributed by atoms with E-state index in [1.165, 1.54) is 17.8 Å². The fourth-order valence-electron chi connectivity index (χ4n) is 1.80. The SMILES string of the molecule is Cc1ccccc1SCC(O)c1c(F)cccc1F. The fourth-order valence-corrected chi connectivity index (χ4v) is 2.77. The number of aliphatic hydroxyl groups excluding tert-OH is 1. The zero-order valence-corrected chi connectivity index (χ0v) is 11.3. The fraction of sp³-hybridized carbons (Fsp3) is 0.200. The summed E-state index contributed by atoms with van der Waals surface area (Å²) in [7, 11) is 0. The number of rotatable bonds is 4. The summed E-state index contributed by atoms with van der Waals surface area (Å²) in [4.78, 5) is 0.998. The van der Waals surface area contributed by atoms with E-state index < -0.39 is 17.7 Å². The minimum Gasteiger partial charge on any atom is -0.387 e. The zero-order chi connectivity index (χ0) is 13.8. The molecule has 0 aromatic heterocycles. The molecule has 1 nitrogen and oxygen atoms in total. The molecule has 0 fully saturated rings. The summed E-state index contributed by atoms with van der Waals surface area (Å²) in [6, 6.07) is 11.3. The topological polar surface area (TPSA) is 20.2 Å². The van der Waals surface area contributed by atoms with Crippen LogP contribution in [0.3, 0.4) is 0 Å². The summed E-state index contributed by atoms with van der Waals surface area (Å²) < 4.78 is 27.0. The molecule has 0 radical (unpaired) electrons. The number of halogens is 2. The summed E-state index contributed by atoms with van der Waals surface area (Å²) in [6.45, 7) is 1.96. The summed E-state index contributed by atoms with van der Waals surface area (Å²) in [5, 5.41) is 9.93. The Morgan fingerprint density at radius 3 is 2.32 bits per heavy atom. The van der Waals surface area contributed by atoms with Gasteiger partial charge in [-0.2, -0.15) is 0 Å². The third-order valence-corrected chi connectivity index (χ3v) is 4.07. The minimum absolute atomic E-state index is 0.211. The van der Waals surface area contributed by atoms with Crippen molar-refractivity contribution < 1.29 is 13.9 Å². The minimum atomic E-state index is -1.16. The third kappa shape index (κ3) is 3.33. The van der Waals surface area contributed by atoms with E-state index in [0.29, 0.717) is 0 Å². The smallest absolute Gasteiger partial charge is 0.131 e. The highest BCUT2D eigenvalue weighted by atomic mass is 32.2. The lowest BCUT2D eigenvalue weighted by Crippen LogP contribution is -2.06. The second-order valence-electron chi connectivity index (χ2n) is 4.23. The Morgan fingerprint density at radius 2 is 1.68 bits per heavy atom. The number of aryl methyl sites for hydroxylation is 1. The Balaban J connectivity index is 2.10. The molecule has 1 atom stereocenters. The lowest BCUT2D eigenvalue weighted by Gasteiger charge is -2.13. The van der Waals surface area contributed by atoms with Crippen LogP contribution in [0.5, 0.6) is 0 Å². The van der Waals surface area contributed by atoms with Crippen LogP contribution in [0.2, 0.25) is 0 Å². The van der Waals surface area contributed by atoms with Crippen molar-refractivity contribution in [1.82, 2.24) is 0 Å². The first kappa shape index (κ1) is 14.0. The lowest BCUT2D eigenvalue weighted by molar-refractivity contribution is 0.193. The molecule has 1 N–H and O–H groups in total. The van der Waals surface area contributed by atoms with Gasteiger partial charge in [0.05, 0.1) is 11.7 Å². The van der Waals surface area contributed by atoms with Gasteiger partial charge in [-0.3, -0.25) is 0 Å². The highest BCUT2D eigenvalue weighted by Crippen LogP contribution is 2.29. The van der Waals surface area contributed by atoms with Crippen LogP contribution in [0, 0.1) is 18.6 Å². The average Bonchev–Trinajstić information content (AvgIpc) is 2.37. The molecule has 0 heterocycles. The summed E-state index contributed by atoms with van der Waals surface area (Å²) in [5.74, 6) is -1.21. The van der Waals surface area contributed by atoms with Gasteiger partial charge in [0.2, 0.25) is 0 Å². The van der Waals surface area contributed by atoms with Crippen molar-refractivity contribution in [2.45, 2.75) is 17.9 Å². The highest BCUT2D eigenvalue weighted by Gasteiger charge is 2.18. The van der Waals surface area contributed by atoms with Crippen molar-refractivity contribution in [3.63, 3.8) is 0 Å². The molecule has 0 saturated heterocycles. The van der Waals surface area contributed by atoms with Crippen LogP contribution in [-0.4, -0.2) is 10.9 Å². The maximum absolute atomic E-state index is 13.5. The first-order valence-corrected chi connectivity index (χ1v) is 6.88. The second kappa shape index (κ2) is 6.17. The van der Waals surface area contributed by atoms with Crippen LogP contribution in [0.25, 0.3) is 0 Å². The van der Waals surface area contributed by atoms with Gasteiger partial charge >= 0.3 is 0 Å². The molecular formula is C15H14F2OS. The van der Waals surface area contributed by atoms with E-state index in [1.807, 2.05) is 31.2 Å². The van der Waals surface area contributed by atoms with Crippen molar-refractivity contribution >= 4 is 11.8 Å². The first-order valence-electron chi connectivity index (χ1n) is 5.90. The number of hydrogen-bond acceptors (Lipinski definition) is 2. The molecule has 0 bridgehead atoms. The number of benzene rings is 2. The Hall–Kier alpha value is -1.39. The molecule has 0 aliphatic carbocycles. The Bertz CT molecular complexity index is 552. The molecule has 0 saturated carbocycles. The van der Waals surface area contributed by atoms with Gasteiger partial charge in [0.1, 0.15) is 11.6 Å². The molecular weight excluding hydrogens is 266 g/mol. The maximum Gasteiger partial charge on any atom is 0.131 e. The molecule has 0 aliphatic rings. The first-order chi connectivity index (χ1) is 9.09. The normalized spacial score (nSPS) is 12.4. The Labute approximate surface area is 115 Å². The van der Waals surface area contributed by atoms with Crippen molar-refractivity contribution in [2.24, 2.45) is 0 Å². The van der Waals surface area contributed by atoms with E-state index in [0.717, 1.165) is 22.6 Å². The van der Waals surface area contributed by atoms with Gasteiger partial charge in [0, 0.05) is 10.6 Å². The van der Waals surface area contributed by atoms with Crippen LogP contribution in [0.4, 0.5) is 8.78 Å². The molecule has 0 amide bonds. The van der Waals surface area contributed by atoms with Crippen molar-refractivity contribution in [3.05, 3.63) is 65.2 Å². The van der Waals surface area contributed by atoms with Gasteiger partial charge < -0.3 is 5.11 Å². The number of hydrogen-bond donors (Lipinski definition) is 1. The number of aliphatic hydroxyl groups is 1. The zero-order valence-electron chi connectivity index (χ0n) is 10.4. The molecule has 0 spiro atoms. The van der Waals surface area contributed by atoms with Crippen LogP contribution in [-0.2, 0) is 0 Å². The predicted molar refractivity (Wildman–Crippen MR) is 73.2 cm³/mol. The second-order valence-corrected chi connectivity index (χ2v) is 5.29. The highest BCUT2D eigenvalue weighted by molar-refractivity contribution is 7.99. The van der Waals surface area contributed by atoms with E-state index in [9.17, 15) is 13.9 Å². The standard InChI is InChI=1S/C15H14F2OS/c1-10-5-2-3-8-14(10)19-9-13(18)15-11(16)6-4-7-12(15)17/h2-8,13,18H,9H2,1H3. The van der Waals surface area contributed by atoms with Crippen LogP contribution < -0.4 is 0 Å². The largest absolute Gasteiger partial charge is 0.387 e. The van der Waals surface area contributed by atoms with Gasteiger partial charge in [-0.1, -0.05) is 24.3 Å². The predicted octanol–water partition coefficient (Wildman–Crippen LogP) is 4.10. The molecule has 19 heavy (non-hydrogen) atoms. The van der Waals surface area contributed by atoms with Gasteiger partial charge in [-0.05, 0) is 30.7 Å². The molecule has 2 aromatic carbocycles. The summed E-state index contributed by atoms with van der Waals surface area (Å²) >= 11 is 1.38. The van der Waals surface area contributed by atoms with Crippen LogP contribution in [0.1, 0.15) is 17.2 Å². The molecule has 1 unspecified atom stereocenters. The van der Waals surface area contributed by atoms with Crippen LogP contribution in [0.15, 0.2) is 47.4 Å². The summed E-state index contributed by atoms with van der Waals surface area (Å²) in [6.07, 6.45) is -1.16. The number of thioether (sulfide) groups is 1. The van der Waals surface area contributed by atoms with Crippen molar-refractivity contribution in [2.75, 3.05) is 5.75 Å².